The first kappa shape index (κ1) is 15.4. The number of nitrogens with zero attached hydrogens (tertiary/aromatic N) is 2. The van der Waals surface area contributed by atoms with Crippen LogP contribution in [0.15, 0.2) is 30.6 Å². The van der Waals surface area contributed by atoms with Gasteiger partial charge in [-0.05, 0) is 18.2 Å². The van der Waals surface area contributed by atoms with E-state index in [2.05, 4.69) is 24.1 Å². The first-order chi connectivity index (χ1) is 9.97. The minimum absolute atomic E-state index is 0.0925. The van der Waals surface area contributed by atoms with Gasteiger partial charge in [-0.1, -0.05) is 25.4 Å². The lowest BCUT2D eigenvalue weighted by atomic mass is 10.2. The van der Waals surface area contributed by atoms with Crippen molar-refractivity contribution in [3.8, 4) is 0 Å². The van der Waals surface area contributed by atoms with E-state index in [9.17, 15) is 4.79 Å². The summed E-state index contributed by atoms with van der Waals surface area (Å²) >= 11 is 6.03. The number of benzene rings is 1. The van der Waals surface area contributed by atoms with Crippen LogP contribution in [0, 0.1) is 0 Å². The highest BCUT2D eigenvalue weighted by Crippen LogP contribution is 2.24. The zero-order valence-corrected chi connectivity index (χ0v) is 12.9. The van der Waals surface area contributed by atoms with Crippen LogP contribution >= 0.6 is 11.6 Å². The van der Waals surface area contributed by atoms with E-state index in [-0.39, 0.29) is 5.91 Å². The molecule has 0 atom stereocenters. The van der Waals surface area contributed by atoms with Crippen LogP contribution < -0.4 is 11.1 Å². The lowest BCUT2D eigenvalue weighted by Crippen LogP contribution is -2.16. The minimum Gasteiger partial charge on any atom is -0.399 e. The summed E-state index contributed by atoms with van der Waals surface area (Å²) in [5, 5.41) is 3.23. The van der Waals surface area contributed by atoms with Gasteiger partial charge in [0.2, 0.25) is 5.91 Å². The summed E-state index contributed by atoms with van der Waals surface area (Å²) in [6, 6.07) is 5.02. The van der Waals surface area contributed by atoms with Crippen molar-refractivity contribution < 1.29 is 4.79 Å². The molecule has 112 valence electrons. The van der Waals surface area contributed by atoms with Crippen LogP contribution in [0.3, 0.4) is 0 Å². The predicted molar refractivity (Wildman–Crippen MR) is 85.4 cm³/mol. The first-order valence-electron chi connectivity index (χ1n) is 6.83. The normalized spacial score (nSPS) is 10.9. The van der Waals surface area contributed by atoms with E-state index in [1.54, 1.807) is 24.4 Å². The van der Waals surface area contributed by atoms with E-state index < -0.39 is 0 Å². The van der Waals surface area contributed by atoms with E-state index >= 15 is 0 Å². The molecule has 2 aromatic rings. The van der Waals surface area contributed by atoms with E-state index in [0.29, 0.717) is 35.3 Å². The third kappa shape index (κ3) is 3.98. The van der Waals surface area contributed by atoms with Gasteiger partial charge in [-0.2, -0.15) is 0 Å². The zero-order chi connectivity index (χ0) is 15.4. The highest BCUT2D eigenvalue weighted by Gasteiger charge is 2.10. The molecule has 1 amide bonds. The summed E-state index contributed by atoms with van der Waals surface area (Å²) < 4.78 is 1.99. The zero-order valence-electron chi connectivity index (χ0n) is 12.1. The maximum Gasteiger partial charge on any atom is 0.226 e. The number of halogens is 1. The second-order valence-electron chi connectivity index (χ2n) is 5.17. The van der Waals surface area contributed by atoms with Gasteiger partial charge in [0, 0.05) is 37.0 Å². The van der Waals surface area contributed by atoms with Crippen molar-refractivity contribution in [2.45, 2.75) is 32.7 Å². The summed E-state index contributed by atoms with van der Waals surface area (Å²) in [7, 11) is 0. The molecule has 5 nitrogen and oxygen atoms in total. The average molecular weight is 307 g/mol. The second kappa shape index (κ2) is 6.63. The van der Waals surface area contributed by atoms with Crippen LogP contribution in [0.1, 0.15) is 32.0 Å². The number of imidazole rings is 1. The van der Waals surface area contributed by atoms with Gasteiger partial charge in [-0.25, -0.2) is 4.98 Å². The molecule has 3 N–H and O–H groups in total. The summed E-state index contributed by atoms with van der Waals surface area (Å²) in [5.74, 6) is 1.22. The highest BCUT2D eigenvalue weighted by molar-refractivity contribution is 6.34. The van der Waals surface area contributed by atoms with Crippen LogP contribution in [0.2, 0.25) is 5.02 Å². The molecule has 0 radical (unpaired) electrons. The largest absolute Gasteiger partial charge is 0.399 e. The van der Waals surface area contributed by atoms with Gasteiger partial charge in [0.1, 0.15) is 5.82 Å². The molecular formula is C15H19ClN4O. The van der Waals surface area contributed by atoms with Crippen LogP contribution in [0.4, 0.5) is 11.4 Å². The van der Waals surface area contributed by atoms with Crippen LogP contribution in [0.25, 0.3) is 0 Å². The SMILES string of the molecule is CC(C)c1nccn1CCC(=O)Nc1ccc(N)cc1Cl. The van der Waals surface area contributed by atoms with Crippen molar-refractivity contribution in [1.29, 1.82) is 0 Å². The fourth-order valence-corrected chi connectivity index (χ4v) is 2.31. The van der Waals surface area contributed by atoms with Gasteiger partial charge in [0.15, 0.2) is 0 Å². The Morgan fingerprint density at radius 1 is 1.48 bits per heavy atom. The third-order valence-electron chi connectivity index (χ3n) is 3.11. The van der Waals surface area contributed by atoms with E-state index in [1.807, 2.05) is 10.8 Å². The standard InChI is InChI=1S/C15H19ClN4O/c1-10(2)15-18-6-8-20(15)7-5-14(21)19-13-4-3-11(17)9-12(13)16/h3-4,6,8-10H,5,7,17H2,1-2H3,(H,19,21). The molecule has 0 aliphatic rings. The van der Waals surface area contributed by atoms with Crippen molar-refractivity contribution in [2.75, 3.05) is 11.1 Å². The number of nitrogens with two attached hydrogens (primary N) is 1. The first-order valence-corrected chi connectivity index (χ1v) is 7.21. The third-order valence-corrected chi connectivity index (χ3v) is 3.42. The number of nitrogens with one attached hydrogen (secondary N) is 1. The van der Waals surface area contributed by atoms with Crippen molar-refractivity contribution in [2.24, 2.45) is 0 Å². The van der Waals surface area contributed by atoms with E-state index in [1.165, 1.54) is 0 Å². The molecule has 0 fully saturated rings. The van der Waals surface area contributed by atoms with E-state index in [4.69, 9.17) is 17.3 Å². The second-order valence-corrected chi connectivity index (χ2v) is 5.58. The number of nitrogen functional groups attached to an aromatic ring is 1. The number of hydrogen-bond acceptors (Lipinski definition) is 3. The fraction of sp³-hybridized carbons (Fsp3) is 0.333. The lowest BCUT2D eigenvalue weighted by Gasteiger charge is -2.11. The predicted octanol–water partition coefficient (Wildman–Crippen LogP) is 3.27. The molecule has 0 saturated carbocycles. The molecule has 0 aliphatic carbocycles. The lowest BCUT2D eigenvalue weighted by molar-refractivity contribution is -0.116. The Morgan fingerprint density at radius 3 is 2.90 bits per heavy atom. The maximum absolute atomic E-state index is 12.0. The number of carbonyl (C=O) groups excluding carboxylic acids is 1. The molecule has 0 saturated heterocycles. The van der Waals surface area contributed by atoms with Crippen LogP contribution in [0.5, 0.6) is 0 Å². The van der Waals surface area contributed by atoms with Crippen LogP contribution in [-0.2, 0) is 11.3 Å². The number of hydrogen-bond donors (Lipinski definition) is 2. The van der Waals surface area contributed by atoms with Gasteiger partial charge in [0.25, 0.3) is 0 Å². The monoisotopic (exact) mass is 306 g/mol. The Hall–Kier alpha value is -2.01. The van der Waals surface area contributed by atoms with Gasteiger partial charge in [-0.3, -0.25) is 4.79 Å². The number of anilines is 2. The van der Waals surface area contributed by atoms with Crippen molar-refractivity contribution in [1.82, 2.24) is 9.55 Å². The van der Waals surface area contributed by atoms with Gasteiger partial charge in [-0.15, -0.1) is 0 Å². The highest BCUT2D eigenvalue weighted by atomic mass is 35.5. The summed E-state index contributed by atoms with van der Waals surface area (Å²) in [5.41, 5.74) is 6.76. The Labute approximate surface area is 129 Å². The van der Waals surface area contributed by atoms with Gasteiger partial charge >= 0.3 is 0 Å². The van der Waals surface area contributed by atoms with Crippen molar-refractivity contribution in [3.63, 3.8) is 0 Å². The Bertz CT molecular complexity index is 636. The average Bonchev–Trinajstić information content (AvgIpc) is 2.88. The quantitative estimate of drug-likeness (QED) is 0.833. The molecule has 21 heavy (non-hydrogen) atoms. The van der Waals surface area contributed by atoms with Crippen LogP contribution in [-0.4, -0.2) is 15.5 Å². The van der Waals surface area contributed by atoms with Crippen molar-refractivity contribution >= 4 is 28.9 Å². The molecule has 6 heteroatoms. The van der Waals surface area contributed by atoms with Crippen molar-refractivity contribution in [3.05, 3.63) is 41.4 Å². The summed E-state index contributed by atoms with van der Waals surface area (Å²) in [6.07, 6.45) is 4.00. The number of aromatic nitrogens is 2. The Balaban J connectivity index is 1.94. The topological polar surface area (TPSA) is 72.9 Å². The molecule has 0 spiro atoms. The number of carbonyl (C=O) groups is 1. The minimum atomic E-state index is -0.0925. The fourth-order valence-electron chi connectivity index (χ4n) is 2.08. The number of rotatable bonds is 5. The summed E-state index contributed by atoms with van der Waals surface area (Å²) in [6.45, 7) is 4.74. The number of aryl methyl sites for hydroxylation is 1. The molecule has 0 bridgehead atoms. The molecule has 0 unspecified atom stereocenters. The van der Waals surface area contributed by atoms with Gasteiger partial charge < -0.3 is 15.6 Å². The van der Waals surface area contributed by atoms with E-state index in [0.717, 1.165) is 5.82 Å². The number of amides is 1. The van der Waals surface area contributed by atoms with Gasteiger partial charge in [0.05, 0.1) is 10.7 Å². The maximum atomic E-state index is 12.0. The molecule has 1 aromatic carbocycles. The molecule has 2 rings (SSSR count). The molecular weight excluding hydrogens is 288 g/mol. The Kier molecular flexibility index (Phi) is 4.85. The molecule has 0 aliphatic heterocycles. The molecule has 1 aromatic heterocycles. The summed E-state index contributed by atoms with van der Waals surface area (Å²) in [4.78, 5) is 16.3. The molecule has 1 heterocycles. The Morgan fingerprint density at radius 2 is 2.24 bits per heavy atom. The smallest absolute Gasteiger partial charge is 0.226 e.